The number of rotatable bonds is 3. The number of halogens is 1. The maximum atomic E-state index is 12.1. The van der Waals surface area contributed by atoms with E-state index in [1.807, 2.05) is 18.2 Å². The zero-order valence-corrected chi connectivity index (χ0v) is 14.2. The van der Waals surface area contributed by atoms with Gasteiger partial charge in [0.15, 0.2) is 0 Å². The Morgan fingerprint density at radius 1 is 1.29 bits per heavy atom. The first kappa shape index (κ1) is 16.0. The highest BCUT2D eigenvalue weighted by molar-refractivity contribution is 9.11. The number of thiophene rings is 1. The van der Waals surface area contributed by atoms with Gasteiger partial charge >= 0.3 is 6.09 Å². The lowest BCUT2D eigenvalue weighted by atomic mass is 10.3. The molecule has 0 atom stereocenters. The molecule has 1 aromatic heterocycles. The van der Waals surface area contributed by atoms with Crippen molar-refractivity contribution in [1.82, 2.24) is 9.80 Å². The minimum atomic E-state index is -0.302. The smallest absolute Gasteiger partial charge is 0.409 e. The summed E-state index contributed by atoms with van der Waals surface area (Å²) in [5.41, 5.74) is 0. The van der Waals surface area contributed by atoms with Crippen molar-refractivity contribution in [2.24, 2.45) is 0 Å². The summed E-state index contributed by atoms with van der Waals surface area (Å²) in [6, 6.07) is 3.91. The number of amides is 2. The third-order valence-corrected chi connectivity index (χ3v) is 4.69. The van der Waals surface area contributed by atoms with Crippen LogP contribution in [-0.2, 0) is 9.53 Å². The van der Waals surface area contributed by atoms with Gasteiger partial charge in [-0.25, -0.2) is 4.79 Å². The molecule has 0 unspecified atom stereocenters. The molecular formula is C14H17BrN2O3S. The SMILES string of the molecule is CCOC(=O)N1CCN(C(=O)/C=C/c2ccc(Br)s2)CC1. The highest BCUT2D eigenvalue weighted by atomic mass is 79.9. The van der Waals surface area contributed by atoms with E-state index in [-0.39, 0.29) is 12.0 Å². The molecule has 21 heavy (non-hydrogen) atoms. The molecule has 0 aliphatic carbocycles. The van der Waals surface area contributed by atoms with Crippen molar-refractivity contribution in [2.45, 2.75) is 6.92 Å². The summed E-state index contributed by atoms with van der Waals surface area (Å²) in [6.07, 6.45) is 3.09. The number of hydrogen-bond donors (Lipinski definition) is 0. The van der Waals surface area contributed by atoms with E-state index >= 15 is 0 Å². The Morgan fingerprint density at radius 2 is 1.95 bits per heavy atom. The van der Waals surface area contributed by atoms with Gasteiger partial charge in [0.05, 0.1) is 10.4 Å². The number of carbonyl (C=O) groups excluding carboxylic acids is 2. The van der Waals surface area contributed by atoms with Crippen LogP contribution in [0.4, 0.5) is 4.79 Å². The van der Waals surface area contributed by atoms with E-state index < -0.39 is 0 Å². The molecule has 2 heterocycles. The van der Waals surface area contributed by atoms with Crippen molar-refractivity contribution in [1.29, 1.82) is 0 Å². The van der Waals surface area contributed by atoms with Crippen LogP contribution in [0.1, 0.15) is 11.8 Å². The van der Waals surface area contributed by atoms with Crippen LogP contribution in [0.25, 0.3) is 6.08 Å². The molecule has 0 bridgehead atoms. The average Bonchev–Trinajstić information content (AvgIpc) is 2.91. The summed E-state index contributed by atoms with van der Waals surface area (Å²) in [7, 11) is 0. The first-order valence-electron chi connectivity index (χ1n) is 6.74. The maximum absolute atomic E-state index is 12.1. The molecular weight excluding hydrogens is 356 g/mol. The lowest BCUT2D eigenvalue weighted by Gasteiger charge is -2.33. The van der Waals surface area contributed by atoms with Crippen LogP contribution in [-0.4, -0.2) is 54.6 Å². The third-order valence-electron chi connectivity index (χ3n) is 3.10. The molecule has 0 N–H and O–H groups in total. The minimum absolute atomic E-state index is 0.0250. The molecule has 0 saturated carbocycles. The van der Waals surface area contributed by atoms with Crippen LogP contribution < -0.4 is 0 Å². The second kappa shape index (κ2) is 7.61. The average molecular weight is 373 g/mol. The molecule has 2 amide bonds. The van der Waals surface area contributed by atoms with Gasteiger partial charge < -0.3 is 14.5 Å². The number of piperazine rings is 1. The number of nitrogens with zero attached hydrogens (tertiary/aromatic N) is 2. The van der Waals surface area contributed by atoms with Crippen molar-refractivity contribution in [3.63, 3.8) is 0 Å². The molecule has 1 saturated heterocycles. The third kappa shape index (κ3) is 4.57. The first-order valence-corrected chi connectivity index (χ1v) is 8.35. The molecule has 5 nitrogen and oxygen atoms in total. The summed E-state index contributed by atoms with van der Waals surface area (Å²) >= 11 is 4.96. The van der Waals surface area contributed by atoms with Crippen LogP contribution in [0, 0.1) is 0 Å². The van der Waals surface area contributed by atoms with Crippen molar-refractivity contribution >= 4 is 45.3 Å². The lowest BCUT2D eigenvalue weighted by Crippen LogP contribution is -2.50. The van der Waals surface area contributed by atoms with Crippen LogP contribution in [0.2, 0.25) is 0 Å². The summed E-state index contributed by atoms with van der Waals surface area (Å²) in [6.45, 7) is 4.26. The number of hydrogen-bond acceptors (Lipinski definition) is 4. The van der Waals surface area contributed by atoms with E-state index in [0.717, 1.165) is 8.66 Å². The standard InChI is InChI=1S/C14H17BrN2O3S/c1-2-20-14(19)17-9-7-16(8-10-17)13(18)6-4-11-3-5-12(15)21-11/h3-6H,2,7-10H2,1H3/b6-4+. The molecule has 1 aromatic rings. The second-order valence-electron chi connectivity index (χ2n) is 4.49. The molecule has 1 aliphatic heterocycles. The second-order valence-corrected chi connectivity index (χ2v) is 6.98. The first-order chi connectivity index (χ1) is 10.1. The van der Waals surface area contributed by atoms with Gasteiger partial charge in [-0.1, -0.05) is 0 Å². The molecule has 114 valence electrons. The number of ether oxygens (including phenoxy) is 1. The highest BCUT2D eigenvalue weighted by Crippen LogP contribution is 2.23. The van der Waals surface area contributed by atoms with Gasteiger partial charge in [0.2, 0.25) is 5.91 Å². The Morgan fingerprint density at radius 3 is 2.52 bits per heavy atom. The van der Waals surface area contributed by atoms with Gasteiger partial charge in [-0.05, 0) is 41.1 Å². The normalized spacial score (nSPS) is 15.5. The van der Waals surface area contributed by atoms with Gasteiger partial charge in [0, 0.05) is 37.1 Å². The van der Waals surface area contributed by atoms with Gasteiger partial charge in [-0.15, -0.1) is 11.3 Å². The minimum Gasteiger partial charge on any atom is -0.450 e. The maximum Gasteiger partial charge on any atom is 0.409 e. The molecule has 0 radical (unpaired) electrons. The molecule has 0 aromatic carbocycles. The van der Waals surface area contributed by atoms with E-state index in [1.54, 1.807) is 34.1 Å². The summed E-state index contributed by atoms with van der Waals surface area (Å²) in [4.78, 5) is 28.1. The Balaban J connectivity index is 1.83. The quantitative estimate of drug-likeness (QED) is 0.766. The highest BCUT2D eigenvalue weighted by Gasteiger charge is 2.23. The fourth-order valence-corrected chi connectivity index (χ4v) is 3.33. The Labute approximate surface area is 136 Å². The monoisotopic (exact) mass is 372 g/mol. The molecule has 1 fully saturated rings. The predicted molar refractivity (Wildman–Crippen MR) is 86.2 cm³/mol. The lowest BCUT2D eigenvalue weighted by molar-refractivity contribution is -0.127. The Kier molecular flexibility index (Phi) is 5.81. The summed E-state index contributed by atoms with van der Waals surface area (Å²) in [5, 5.41) is 0. The Hall–Kier alpha value is -1.34. The van der Waals surface area contributed by atoms with Crippen molar-refractivity contribution in [3.8, 4) is 0 Å². The van der Waals surface area contributed by atoms with Gasteiger partial charge in [0.25, 0.3) is 0 Å². The number of carbonyl (C=O) groups is 2. The fraction of sp³-hybridized carbons (Fsp3) is 0.429. The summed E-state index contributed by atoms with van der Waals surface area (Å²) < 4.78 is 5.99. The van der Waals surface area contributed by atoms with E-state index in [9.17, 15) is 9.59 Å². The van der Waals surface area contributed by atoms with E-state index in [0.29, 0.717) is 32.8 Å². The van der Waals surface area contributed by atoms with Crippen LogP contribution >= 0.6 is 27.3 Å². The topological polar surface area (TPSA) is 49.9 Å². The summed E-state index contributed by atoms with van der Waals surface area (Å²) in [5.74, 6) is -0.0250. The fourth-order valence-electron chi connectivity index (χ4n) is 2.00. The van der Waals surface area contributed by atoms with Crippen LogP contribution in [0.5, 0.6) is 0 Å². The van der Waals surface area contributed by atoms with E-state index in [4.69, 9.17) is 4.74 Å². The van der Waals surface area contributed by atoms with Gasteiger partial charge in [0.1, 0.15) is 0 Å². The van der Waals surface area contributed by atoms with Crippen LogP contribution in [0.3, 0.4) is 0 Å². The zero-order valence-electron chi connectivity index (χ0n) is 11.8. The van der Waals surface area contributed by atoms with E-state index in [1.165, 1.54) is 0 Å². The van der Waals surface area contributed by atoms with Gasteiger partial charge in [-0.2, -0.15) is 0 Å². The van der Waals surface area contributed by atoms with Crippen molar-refractivity contribution in [3.05, 3.63) is 26.9 Å². The molecule has 2 rings (SSSR count). The molecule has 1 aliphatic rings. The largest absolute Gasteiger partial charge is 0.450 e. The van der Waals surface area contributed by atoms with Crippen molar-refractivity contribution in [2.75, 3.05) is 32.8 Å². The zero-order chi connectivity index (χ0) is 15.2. The molecule has 0 spiro atoms. The Bertz CT molecular complexity index is 536. The van der Waals surface area contributed by atoms with Crippen molar-refractivity contribution < 1.29 is 14.3 Å². The predicted octanol–water partition coefficient (Wildman–Crippen LogP) is 2.82. The molecule has 7 heteroatoms. The van der Waals surface area contributed by atoms with Crippen LogP contribution in [0.15, 0.2) is 22.0 Å². The van der Waals surface area contributed by atoms with E-state index in [2.05, 4.69) is 15.9 Å². The van der Waals surface area contributed by atoms with Gasteiger partial charge in [-0.3, -0.25) is 4.79 Å².